The van der Waals surface area contributed by atoms with Crippen LogP contribution >= 0.6 is 11.6 Å². The number of hydrogen-bond acceptors (Lipinski definition) is 0. The van der Waals surface area contributed by atoms with E-state index >= 15 is 0 Å². The quantitative estimate of drug-likeness (QED) is 0.521. The lowest BCUT2D eigenvalue weighted by molar-refractivity contribution is 0.637. The number of unbranched alkanes of at least 4 members (excludes halogenated alkanes) is 5. The molecule has 0 aromatic carbocycles. The van der Waals surface area contributed by atoms with Gasteiger partial charge in [-0.1, -0.05) is 50.3 Å². The van der Waals surface area contributed by atoms with E-state index in [1.165, 1.54) is 32.1 Å². The smallest absolute Gasteiger partial charge is 0.0110 e. The SMILES string of the molecule is CCCCCCCC=C(C)Cl. The summed E-state index contributed by atoms with van der Waals surface area (Å²) in [5.74, 6) is 0. The summed E-state index contributed by atoms with van der Waals surface area (Å²) in [7, 11) is 0. The van der Waals surface area contributed by atoms with Crippen LogP contribution in [-0.2, 0) is 0 Å². The Morgan fingerprint density at radius 1 is 1.18 bits per heavy atom. The van der Waals surface area contributed by atoms with Crippen LogP contribution in [0, 0.1) is 0 Å². The molecule has 66 valence electrons. The summed E-state index contributed by atoms with van der Waals surface area (Å²) in [5, 5.41) is 0.931. The van der Waals surface area contributed by atoms with E-state index < -0.39 is 0 Å². The Hall–Kier alpha value is 0.0300. The molecule has 0 amide bonds. The molecule has 0 aromatic heterocycles. The number of hydrogen-bond donors (Lipinski definition) is 0. The van der Waals surface area contributed by atoms with Crippen molar-refractivity contribution in [1.29, 1.82) is 0 Å². The molecule has 0 spiro atoms. The Labute approximate surface area is 75.6 Å². The lowest BCUT2D eigenvalue weighted by Gasteiger charge is -1.95. The molecule has 0 aliphatic rings. The molecule has 0 saturated carbocycles. The maximum absolute atomic E-state index is 5.68. The average Bonchev–Trinajstić information content (AvgIpc) is 1.96. The van der Waals surface area contributed by atoms with Gasteiger partial charge in [-0.2, -0.15) is 0 Å². The fourth-order valence-electron chi connectivity index (χ4n) is 1.05. The van der Waals surface area contributed by atoms with Gasteiger partial charge in [0.25, 0.3) is 0 Å². The Morgan fingerprint density at radius 2 is 1.82 bits per heavy atom. The molecule has 0 saturated heterocycles. The highest BCUT2D eigenvalue weighted by Gasteiger charge is 1.86. The highest BCUT2D eigenvalue weighted by atomic mass is 35.5. The van der Waals surface area contributed by atoms with E-state index in [-0.39, 0.29) is 0 Å². The van der Waals surface area contributed by atoms with Gasteiger partial charge in [-0.3, -0.25) is 0 Å². The molecule has 0 atom stereocenters. The van der Waals surface area contributed by atoms with Gasteiger partial charge in [-0.25, -0.2) is 0 Å². The van der Waals surface area contributed by atoms with Crippen molar-refractivity contribution in [1.82, 2.24) is 0 Å². The van der Waals surface area contributed by atoms with Crippen molar-refractivity contribution in [2.45, 2.75) is 52.4 Å². The van der Waals surface area contributed by atoms with Crippen LogP contribution in [0.1, 0.15) is 52.4 Å². The zero-order valence-electron chi connectivity index (χ0n) is 7.70. The van der Waals surface area contributed by atoms with E-state index in [2.05, 4.69) is 13.0 Å². The van der Waals surface area contributed by atoms with Crippen LogP contribution in [-0.4, -0.2) is 0 Å². The number of halogens is 1. The van der Waals surface area contributed by atoms with Gasteiger partial charge in [0.05, 0.1) is 0 Å². The Bertz CT molecular complexity index is 101. The molecular weight excluding hydrogens is 156 g/mol. The van der Waals surface area contributed by atoms with Crippen molar-refractivity contribution < 1.29 is 0 Å². The summed E-state index contributed by atoms with van der Waals surface area (Å²) in [4.78, 5) is 0. The summed E-state index contributed by atoms with van der Waals surface area (Å²) in [6, 6.07) is 0. The molecule has 0 fully saturated rings. The second kappa shape index (κ2) is 8.13. The molecule has 1 heteroatoms. The largest absolute Gasteiger partial charge is 0.0898 e. The number of rotatable bonds is 6. The topological polar surface area (TPSA) is 0 Å². The van der Waals surface area contributed by atoms with Gasteiger partial charge in [0, 0.05) is 5.03 Å². The van der Waals surface area contributed by atoms with Gasteiger partial charge < -0.3 is 0 Å². The highest BCUT2D eigenvalue weighted by molar-refractivity contribution is 6.29. The van der Waals surface area contributed by atoms with Crippen LogP contribution < -0.4 is 0 Å². The van der Waals surface area contributed by atoms with Gasteiger partial charge in [-0.15, -0.1) is 0 Å². The first-order chi connectivity index (χ1) is 5.27. The molecule has 0 nitrogen and oxygen atoms in total. The van der Waals surface area contributed by atoms with E-state index in [9.17, 15) is 0 Å². The minimum absolute atomic E-state index is 0.931. The standard InChI is InChI=1S/C10H19Cl/c1-3-4-5-6-7-8-9-10(2)11/h9H,3-8H2,1-2H3. The first-order valence-corrected chi connectivity index (χ1v) is 4.97. The normalized spacial score (nSPS) is 12.1. The minimum Gasteiger partial charge on any atom is -0.0898 e. The third-order valence-corrected chi connectivity index (χ3v) is 1.89. The van der Waals surface area contributed by atoms with Gasteiger partial charge in [0.2, 0.25) is 0 Å². The summed E-state index contributed by atoms with van der Waals surface area (Å²) in [6.07, 6.45) is 9.99. The monoisotopic (exact) mass is 174 g/mol. The molecule has 0 rings (SSSR count). The molecule has 0 aliphatic heterocycles. The first-order valence-electron chi connectivity index (χ1n) is 4.59. The lowest BCUT2D eigenvalue weighted by atomic mass is 10.1. The summed E-state index contributed by atoms with van der Waals surface area (Å²) >= 11 is 5.68. The molecule has 11 heavy (non-hydrogen) atoms. The fourth-order valence-corrected chi connectivity index (χ4v) is 1.16. The van der Waals surface area contributed by atoms with Gasteiger partial charge in [0.1, 0.15) is 0 Å². The molecule has 0 heterocycles. The zero-order valence-corrected chi connectivity index (χ0v) is 8.45. The molecule has 0 N–H and O–H groups in total. The van der Waals surface area contributed by atoms with Crippen LogP contribution in [0.5, 0.6) is 0 Å². The first kappa shape index (κ1) is 11.0. The van der Waals surface area contributed by atoms with Crippen LogP contribution in [0.4, 0.5) is 0 Å². The summed E-state index contributed by atoms with van der Waals surface area (Å²) < 4.78 is 0. The summed E-state index contributed by atoms with van der Waals surface area (Å²) in [6.45, 7) is 4.18. The van der Waals surface area contributed by atoms with Crippen molar-refractivity contribution in [3.63, 3.8) is 0 Å². The number of allylic oxidation sites excluding steroid dienone is 2. The third kappa shape index (κ3) is 10.0. The van der Waals surface area contributed by atoms with E-state index in [4.69, 9.17) is 11.6 Å². The third-order valence-electron chi connectivity index (χ3n) is 1.73. The Kier molecular flexibility index (Phi) is 8.15. The average molecular weight is 175 g/mol. The van der Waals surface area contributed by atoms with E-state index in [0.717, 1.165) is 11.5 Å². The zero-order chi connectivity index (χ0) is 8.53. The van der Waals surface area contributed by atoms with Crippen LogP contribution in [0.25, 0.3) is 0 Å². The van der Waals surface area contributed by atoms with Gasteiger partial charge in [-0.05, 0) is 19.8 Å². The molecule has 0 bridgehead atoms. The highest BCUT2D eigenvalue weighted by Crippen LogP contribution is 2.08. The van der Waals surface area contributed by atoms with Crippen molar-refractivity contribution in [3.8, 4) is 0 Å². The Balaban J connectivity index is 2.97. The van der Waals surface area contributed by atoms with Crippen molar-refractivity contribution >= 4 is 11.6 Å². The van der Waals surface area contributed by atoms with Crippen molar-refractivity contribution in [3.05, 3.63) is 11.1 Å². The van der Waals surface area contributed by atoms with Crippen LogP contribution in [0.3, 0.4) is 0 Å². The van der Waals surface area contributed by atoms with Crippen LogP contribution in [0.2, 0.25) is 0 Å². The lowest BCUT2D eigenvalue weighted by Crippen LogP contribution is -1.76. The van der Waals surface area contributed by atoms with Crippen molar-refractivity contribution in [2.24, 2.45) is 0 Å². The molecule has 0 aliphatic carbocycles. The van der Waals surface area contributed by atoms with E-state index in [0.29, 0.717) is 0 Å². The fraction of sp³-hybridized carbons (Fsp3) is 0.800. The maximum atomic E-state index is 5.68. The minimum atomic E-state index is 0.931. The van der Waals surface area contributed by atoms with E-state index in [1.807, 2.05) is 6.92 Å². The second-order valence-electron chi connectivity index (χ2n) is 2.99. The molecule has 0 unspecified atom stereocenters. The molecular formula is C10H19Cl. The Morgan fingerprint density at radius 3 is 2.36 bits per heavy atom. The maximum Gasteiger partial charge on any atom is 0.0110 e. The van der Waals surface area contributed by atoms with E-state index in [1.54, 1.807) is 0 Å². The predicted molar refractivity (Wildman–Crippen MR) is 53.0 cm³/mol. The van der Waals surface area contributed by atoms with Crippen LogP contribution in [0.15, 0.2) is 11.1 Å². The molecule has 0 aromatic rings. The van der Waals surface area contributed by atoms with Gasteiger partial charge >= 0.3 is 0 Å². The summed E-state index contributed by atoms with van der Waals surface area (Å²) in [5.41, 5.74) is 0. The molecule has 0 radical (unpaired) electrons. The van der Waals surface area contributed by atoms with Crippen molar-refractivity contribution in [2.75, 3.05) is 0 Å². The second-order valence-corrected chi connectivity index (χ2v) is 3.59. The predicted octanol–water partition coefficient (Wildman–Crippen LogP) is 4.49. The van der Waals surface area contributed by atoms with Gasteiger partial charge in [0.15, 0.2) is 0 Å².